The second-order valence-electron chi connectivity index (χ2n) is 4.99. The van der Waals surface area contributed by atoms with Gasteiger partial charge in [0.05, 0.1) is 9.89 Å². The standard InChI is InChI=1S/C15H14BrN3O/c16-12-2-1-9-18-13(12)19-14(20)15(7-8-15)10-3-5-11(17)6-4-10/h1-6,9H,7-8,17H2,(H,18,19,20). The number of amides is 1. The Bertz CT molecular complexity index is 650. The van der Waals surface area contributed by atoms with Gasteiger partial charge in [-0.3, -0.25) is 4.79 Å². The Morgan fingerprint density at radius 2 is 1.95 bits per heavy atom. The Labute approximate surface area is 125 Å². The SMILES string of the molecule is Nc1ccc(C2(C(=O)Nc3ncccc3Br)CC2)cc1. The van der Waals surface area contributed by atoms with Crippen molar-refractivity contribution in [1.82, 2.24) is 4.98 Å². The number of hydrogen-bond acceptors (Lipinski definition) is 3. The number of nitrogens with one attached hydrogen (secondary N) is 1. The second kappa shape index (κ2) is 4.90. The quantitative estimate of drug-likeness (QED) is 0.849. The number of anilines is 2. The third-order valence-corrected chi connectivity index (χ3v) is 4.28. The van der Waals surface area contributed by atoms with Gasteiger partial charge >= 0.3 is 0 Å². The Kier molecular flexibility index (Phi) is 3.22. The molecule has 1 aromatic carbocycles. The van der Waals surface area contributed by atoms with Gasteiger partial charge in [0.15, 0.2) is 0 Å². The molecule has 1 saturated carbocycles. The highest BCUT2D eigenvalue weighted by Crippen LogP contribution is 2.49. The normalized spacial score (nSPS) is 15.7. The Morgan fingerprint density at radius 1 is 1.25 bits per heavy atom. The summed E-state index contributed by atoms with van der Waals surface area (Å²) in [4.78, 5) is 16.7. The van der Waals surface area contributed by atoms with Gasteiger partial charge in [-0.2, -0.15) is 0 Å². The first-order valence-electron chi connectivity index (χ1n) is 6.40. The fourth-order valence-electron chi connectivity index (χ4n) is 2.28. The van der Waals surface area contributed by atoms with Crippen LogP contribution in [0.5, 0.6) is 0 Å². The van der Waals surface area contributed by atoms with E-state index in [1.165, 1.54) is 0 Å². The molecule has 0 atom stereocenters. The third-order valence-electron chi connectivity index (χ3n) is 3.64. The molecule has 0 radical (unpaired) electrons. The van der Waals surface area contributed by atoms with Gasteiger partial charge in [0.1, 0.15) is 5.82 Å². The number of nitrogen functional groups attached to an aromatic ring is 1. The van der Waals surface area contributed by atoms with E-state index in [9.17, 15) is 4.79 Å². The van der Waals surface area contributed by atoms with E-state index >= 15 is 0 Å². The highest BCUT2D eigenvalue weighted by atomic mass is 79.9. The van der Waals surface area contributed by atoms with Crippen molar-refractivity contribution < 1.29 is 4.79 Å². The molecule has 1 heterocycles. The van der Waals surface area contributed by atoms with Crippen LogP contribution in [0.4, 0.5) is 11.5 Å². The average molecular weight is 332 g/mol. The number of halogens is 1. The lowest BCUT2D eigenvalue weighted by Gasteiger charge is -2.16. The molecule has 5 heteroatoms. The molecule has 0 bridgehead atoms. The molecule has 1 amide bonds. The number of rotatable bonds is 3. The number of benzene rings is 1. The van der Waals surface area contributed by atoms with E-state index in [0.717, 1.165) is 22.9 Å². The second-order valence-corrected chi connectivity index (χ2v) is 5.85. The fraction of sp³-hybridized carbons (Fsp3) is 0.200. The first-order chi connectivity index (χ1) is 9.62. The summed E-state index contributed by atoms with van der Waals surface area (Å²) in [7, 11) is 0. The highest BCUT2D eigenvalue weighted by molar-refractivity contribution is 9.10. The topological polar surface area (TPSA) is 68.0 Å². The Balaban J connectivity index is 1.84. The molecular weight excluding hydrogens is 318 g/mol. The monoisotopic (exact) mass is 331 g/mol. The molecule has 4 nitrogen and oxygen atoms in total. The van der Waals surface area contributed by atoms with Crippen molar-refractivity contribution in [2.45, 2.75) is 18.3 Å². The lowest BCUT2D eigenvalue weighted by molar-refractivity contribution is -0.118. The van der Waals surface area contributed by atoms with Crippen LogP contribution in [0, 0.1) is 0 Å². The van der Waals surface area contributed by atoms with Crippen molar-refractivity contribution in [2.75, 3.05) is 11.1 Å². The number of aromatic nitrogens is 1. The van der Waals surface area contributed by atoms with Crippen LogP contribution in [0.15, 0.2) is 47.1 Å². The van der Waals surface area contributed by atoms with Gasteiger partial charge in [-0.1, -0.05) is 12.1 Å². The van der Waals surface area contributed by atoms with Crippen molar-refractivity contribution in [3.8, 4) is 0 Å². The summed E-state index contributed by atoms with van der Waals surface area (Å²) < 4.78 is 0.779. The van der Waals surface area contributed by atoms with Gasteiger partial charge in [0.25, 0.3) is 0 Å². The zero-order chi connectivity index (χ0) is 14.2. The molecule has 20 heavy (non-hydrogen) atoms. The van der Waals surface area contributed by atoms with Crippen molar-refractivity contribution in [1.29, 1.82) is 0 Å². The van der Waals surface area contributed by atoms with Crippen LogP contribution in [0.2, 0.25) is 0 Å². The number of nitrogens with zero attached hydrogens (tertiary/aromatic N) is 1. The summed E-state index contributed by atoms with van der Waals surface area (Å²) in [5.74, 6) is 0.542. The molecule has 1 aliphatic carbocycles. The van der Waals surface area contributed by atoms with Crippen LogP contribution < -0.4 is 11.1 Å². The summed E-state index contributed by atoms with van der Waals surface area (Å²) in [5, 5.41) is 2.90. The van der Waals surface area contributed by atoms with Crippen LogP contribution in [0.3, 0.4) is 0 Å². The highest BCUT2D eigenvalue weighted by Gasteiger charge is 2.51. The van der Waals surface area contributed by atoms with E-state index in [2.05, 4.69) is 26.2 Å². The maximum atomic E-state index is 12.5. The van der Waals surface area contributed by atoms with Crippen LogP contribution in [-0.2, 0) is 10.2 Å². The zero-order valence-corrected chi connectivity index (χ0v) is 12.4. The zero-order valence-electron chi connectivity index (χ0n) is 10.8. The predicted octanol–water partition coefficient (Wildman–Crippen LogP) is 3.10. The molecule has 3 rings (SSSR count). The average Bonchev–Trinajstić information content (AvgIpc) is 3.24. The van der Waals surface area contributed by atoms with Crippen LogP contribution in [-0.4, -0.2) is 10.9 Å². The van der Waals surface area contributed by atoms with E-state index in [-0.39, 0.29) is 5.91 Å². The van der Waals surface area contributed by atoms with Crippen molar-refractivity contribution >= 4 is 33.3 Å². The van der Waals surface area contributed by atoms with E-state index in [0.29, 0.717) is 11.5 Å². The number of carbonyl (C=O) groups is 1. The van der Waals surface area contributed by atoms with Crippen molar-refractivity contribution in [2.24, 2.45) is 0 Å². The number of pyridine rings is 1. The summed E-state index contributed by atoms with van der Waals surface area (Å²) in [5.41, 5.74) is 6.98. The first-order valence-corrected chi connectivity index (χ1v) is 7.19. The Morgan fingerprint density at radius 3 is 2.55 bits per heavy atom. The lowest BCUT2D eigenvalue weighted by Crippen LogP contribution is -2.28. The molecule has 0 aliphatic heterocycles. The molecule has 0 unspecified atom stereocenters. The van der Waals surface area contributed by atoms with Gasteiger partial charge in [-0.25, -0.2) is 4.98 Å². The van der Waals surface area contributed by atoms with Gasteiger partial charge in [-0.15, -0.1) is 0 Å². The summed E-state index contributed by atoms with van der Waals surface area (Å²) >= 11 is 3.38. The molecule has 0 spiro atoms. The largest absolute Gasteiger partial charge is 0.399 e. The minimum atomic E-state index is -0.426. The van der Waals surface area contributed by atoms with E-state index < -0.39 is 5.41 Å². The van der Waals surface area contributed by atoms with Crippen molar-refractivity contribution in [3.05, 3.63) is 52.6 Å². The summed E-state index contributed by atoms with van der Waals surface area (Å²) in [6.45, 7) is 0. The van der Waals surface area contributed by atoms with Gasteiger partial charge in [0.2, 0.25) is 5.91 Å². The number of nitrogens with two attached hydrogens (primary N) is 1. The van der Waals surface area contributed by atoms with E-state index in [1.807, 2.05) is 36.4 Å². The molecule has 0 saturated heterocycles. The van der Waals surface area contributed by atoms with Gasteiger partial charge in [-0.05, 0) is 58.6 Å². The molecule has 1 fully saturated rings. The molecule has 2 aromatic rings. The molecule has 102 valence electrons. The maximum Gasteiger partial charge on any atom is 0.236 e. The minimum Gasteiger partial charge on any atom is -0.399 e. The van der Waals surface area contributed by atoms with Crippen molar-refractivity contribution in [3.63, 3.8) is 0 Å². The third kappa shape index (κ3) is 2.29. The minimum absolute atomic E-state index is 0.0123. The predicted molar refractivity (Wildman–Crippen MR) is 82.3 cm³/mol. The molecule has 1 aliphatic rings. The first kappa shape index (κ1) is 13.1. The van der Waals surface area contributed by atoms with Crippen LogP contribution >= 0.6 is 15.9 Å². The number of hydrogen-bond donors (Lipinski definition) is 2. The maximum absolute atomic E-state index is 12.5. The summed E-state index contributed by atoms with van der Waals surface area (Å²) in [6.07, 6.45) is 3.36. The Hall–Kier alpha value is -1.88. The smallest absolute Gasteiger partial charge is 0.236 e. The van der Waals surface area contributed by atoms with Gasteiger partial charge < -0.3 is 11.1 Å². The summed E-state index contributed by atoms with van der Waals surface area (Å²) in [6, 6.07) is 11.2. The van der Waals surface area contributed by atoms with Crippen LogP contribution in [0.1, 0.15) is 18.4 Å². The number of carbonyl (C=O) groups excluding carboxylic acids is 1. The molecule has 1 aromatic heterocycles. The molecular formula is C15H14BrN3O. The van der Waals surface area contributed by atoms with E-state index in [4.69, 9.17) is 5.73 Å². The fourth-order valence-corrected chi connectivity index (χ4v) is 2.63. The van der Waals surface area contributed by atoms with Crippen LogP contribution in [0.25, 0.3) is 0 Å². The lowest BCUT2D eigenvalue weighted by atomic mass is 9.95. The van der Waals surface area contributed by atoms with E-state index in [1.54, 1.807) is 6.20 Å². The molecule has 3 N–H and O–H groups in total. The van der Waals surface area contributed by atoms with Gasteiger partial charge in [0, 0.05) is 11.9 Å².